The average Bonchev–Trinajstić information content (AvgIpc) is 3.27. The number of rotatable bonds is 6. The summed E-state index contributed by atoms with van der Waals surface area (Å²) in [6.45, 7) is 6.03. The van der Waals surface area contributed by atoms with Gasteiger partial charge in [0.1, 0.15) is 6.61 Å². The van der Waals surface area contributed by atoms with Crippen LogP contribution in [-0.2, 0) is 0 Å². The smallest absolute Gasteiger partial charge is 0.254 e. The van der Waals surface area contributed by atoms with E-state index in [-0.39, 0.29) is 5.91 Å². The van der Waals surface area contributed by atoms with E-state index in [0.717, 1.165) is 25.9 Å². The molecule has 1 aromatic rings. The van der Waals surface area contributed by atoms with Crippen molar-refractivity contribution in [3.05, 3.63) is 36.4 Å². The maximum Gasteiger partial charge on any atom is 0.254 e. The van der Waals surface area contributed by atoms with Gasteiger partial charge in [-0.25, -0.2) is 0 Å². The van der Waals surface area contributed by atoms with Crippen LogP contribution in [0.25, 0.3) is 0 Å². The molecular formula is C20H28N2O3. The van der Waals surface area contributed by atoms with Crippen LogP contribution in [0.3, 0.4) is 0 Å². The lowest BCUT2D eigenvalue weighted by Crippen LogP contribution is -2.47. The van der Waals surface area contributed by atoms with Crippen molar-refractivity contribution < 1.29 is 14.3 Å². The van der Waals surface area contributed by atoms with Gasteiger partial charge in [0.2, 0.25) is 0 Å². The first-order chi connectivity index (χ1) is 12.2. The Balaban J connectivity index is 1.78. The molecule has 2 unspecified atom stereocenters. The van der Waals surface area contributed by atoms with Gasteiger partial charge in [-0.15, -0.1) is 0 Å². The molecule has 2 aliphatic rings. The summed E-state index contributed by atoms with van der Waals surface area (Å²) in [6, 6.07) is 6.24. The van der Waals surface area contributed by atoms with Gasteiger partial charge in [0.15, 0.2) is 11.5 Å². The van der Waals surface area contributed by atoms with E-state index in [2.05, 4.69) is 23.4 Å². The van der Waals surface area contributed by atoms with E-state index < -0.39 is 0 Å². The topological polar surface area (TPSA) is 42.0 Å². The zero-order valence-electron chi connectivity index (χ0n) is 15.2. The minimum Gasteiger partial charge on any atom is -0.493 e. The van der Waals surface area contributed by atoms with Gasteiger partial charge in [-0.1, -0.05) is 12.7 Å². The van der Waals surface area contributed by atoms with Crippen molar-refractivity contribution in [3.8, 4) is 11.5 Å². The molecule has 136 valence electrons. The molecule has 2 aliphatic heterocycles. The van der Waals surface area contributed by atoms with Gasteiger partial charge in [0.05, 0.1) is 7.11 Å². The molecule has 0 spiro atoms. The van der Waals surface area contributed by atoms with Crippen LogP contribution in [-0.4, -0.2) is 61.6 Å². The van der Waals surface area contributed by atoms with Crippen molar-refractivity contribution >= 4 is 5.91 Å². The van der Waals surface area contributed by atoms with Gasteiger partial charge in [-0.3, -0.25) is 4.79 Å². The Labute approximate surface area is 150 Å². The van der Waals surface area contributed by atoms with Crippen LogP contribution >= 0.6 is 0 Å². The lowest BCUT2D eigenvalue weighted by atomic mass is 10.0. The SMILES string of the molecule is C=CCOc1ccc(C(=O)N2CCCC2C2CCCN2C)cc1OC. The third-order valence-corrected chi connectivity index (χ3v) is 5.35. The van der Waals surface area contributed by atoms with E-state index in [0.29, 0.717) is 35.8 Å². The number of benzene rings is 1. The number of nitrogens with zero attached hydrogens (tertiary/aromatic N) is 2. The van der Waals surface area contributed by atoms with Crippen molar-refractivity contribution in [3.63, 3.8) is 0 Å². The molecule has 1 amide bonds. The zero-order valence-corrected chi connectivity index (χ0v) is 15.2. The standard InChI is InChI=1S/C20H28N2O3/c1-4-13-25-18-10-9-15(14-19(18)24-3)20(23)22-12-6-8-17(22)16-7-5-11-21(16)2/h4,9-10,14,16-17H,1,5-8,11-13H2,2-3H3. The summed E-state index contributed by atoms with van der Waals surface area (Å²) in [5, 5.41) is 0. The van der Waals surface area contributed by atoms with E-state index in [1.165, 1.54) is 12.8 Å². The van der Waals surface area contributed by atoms with Crippen LogP contribution in [0.2, 0.25) is 0 Å². The van der Waals surface area contributed by atoms with Crippen LogP contribution in [0.1, 0.15) is 36.0 Å². The number of amides is 1. The molecule has 0 aromatic heterocycles. The van der Waals surface area contributed by atoms with Crippen LogP contribution in [0.5, 0.6) is 11.5 Å². The van der Waals surface area contributed by atoms with Gasteiger partial charge in [-0.2, -0.15) is 0 Å². The van der Waals surface area contributed by atoms with Crippen molar-refractivity contribution in [2.75, 3.05) is 33.9 Å². The molecule has 5 heteroatoms. The summed E-state index contributed by atoms with van der Waals surface area (Å²) >= 11 is 0. The molecule has 0 N–H and O–H groups in total. The number of methoxy groups -OCH3 is 1. The molecule has 0 bridgehead atoms. The Morgan fingerprint density at radius 1 is 1.24 bits per heavy atom. The van der Waals surface area contributed by atoms with Crippen molar-refractivity contribution in [1.29, 1.82) is 0 Å². The minimum atomic E-state index is 0.0939. The lowest BCUT2D eigenvalue weighted by Gasteiger charge is -2.33. The van der Waals surface area contributed by atoms with Gasteiger partial charge in [-0.05, 0) is 57.5 Å². The van der Waals surface area contributed by atoms with E-state index in [4.69, 9.17) is 9.47 Å². The molecule has 5 nitrogen and oxygen atoms in total. The van der Waals surface area contributed by atoms with Crippen molar-refractivity contribution in [2.45, 2.75) is 37.8 Å². The first kappa shape index (κ1) is 17.8. The maximum absolute atomic E-state index is 13.1. The molecule has 25 heavy (non-hydrogen) atoms. The molecule has 2 saturated heterocycles. The quantitative estimate of drug-likeness (QED) is 0.744. The Bertz CT molecular complexity index is 631. The molecule has 0 saturated carbocycles. The number of ether oxygens (including phenoxy) is 2. The van der Waals surface area contributed by atoms with Crippen LogP contribution in [0, 0.1) is 0 Å². The summed E-state index contributed by atoms with van der Waals surface area (Å²) in [5.41, 5.74) is 0.662. The summed E-state index contributed by atoms with van der Waals surface area (Å²) in [4.78, 5) is 17.6. The lowest BCUT2D eigenvalue weighted by molar-refractivity contribution is 0.0664. The van der Waals surface area contributed by atoms with Gasteiger partial charge < -0.3 is 19.3 Å². The number of hydrogen-bond acceptors (Lipinski definition) is 4. The monoisotopic (exact) mass is 344 g/mol. The van der Waals surface area contributed by atoms with Crippen molar-refractivity contribution in [1.82, 2.24) is 9.80 Å². The third kappa shape index (κ3) is 3.66. The number of hydrogen-bond donors (Lipinski definition) is 0. The first-order valence-electron chi connectivity index (χ1n) is 9.08. The summed E-state index contributed by atoms with van der Waals surface area (Å²) in [5.74, 6) is 1.31. The third-order valence-electron chi connectivity index (χ3n) is 5.35. The van der Waals surface area contributed by atoms with E-state index in [9.17, 15) is 4.79 Å². The van der Waals surface area contributed by atoms with Crippen molar-refractivity contribution in [2.24, 2.45) is 0 Å². The van der Waals surface area contributed by atoms with Gasteiger partial charge in [0, 0.05) is 24.2 Å². The van der Waals surface area contributed by atoms with E-state index >= 15 is 0 Å². The first-order valence-corrected chi connectivity index (χ1v) is 9.08. The van der Waals surface area contributed by atoms with Crippen LogP contribution in [0.15, 0.2) is 30.9 Å². The summed E-state index contributed by atoms with van der Waals surface area (Å²) in [6.07, 6.45) is 6.27. The Morgan fingerprint density at radius 2 is 2.00 bits per heavy atom. The maximum atomic E-state index is 13.1. The molecule has 0 radical (unpaired) electrons. The number of likely N-dealkylation sites (tertiary alicyclic amines) is 2. The highest BCUT2D eigenvalue weighted by atomic mass is 16.5. The molecule has 2 atom stereocenters. The molecule has 2 heterocycles. The second-order valence-electron chi connectivity index (χ2n) is 6.86. The average molecular weight is 344 g/mol. The highest BCUT2D eigenvalue weighted by Crippen LogP contribution is 2.32. The predicted molar refractivity (Wildman–Crippen MR) is 98.4 cm³/mol. The van der Waals surface area contributed by atoms with E-state index in [1.807, 2.05) is 12.1 Å². The fourth-order valence-corrected chi connectivity index (χ4v) is 4.10. The highest BCUT2D eigenvalue weighted by Gasteiger charge is 2.38. The fraction of sp³-hybridized carbons (Fsp3) is 0.550. The molecule has 1 aromatic carbocycles. The Morgan fingerprint density at radius 3 is 2.68 bits per heavy atom. The van der Waals surface area contributed by atoms with E-state index in [1.54, 1.807) is 19.3 Å². The molecular weight excluding hydrogens is 316 g/mol. The summed E-state index contributed by atoms with van der Waals surface area (Å²) in [7, 11) is 3.77. The Kier molecular flexibility index (Phi) is 5.63. The molecule has 3 rings (SSSR count). The Hall–Kier alpha value is -2.01. The van der Waals surface area contributed by atoms with Gasteiger partial charge >= 0.3 is 0 Å². The molecule has 2 fully saturated rings. The van der Waals surface area contributed by atoms with Crippen LogP contribution in [0.4, 0.5) is 0 Å². The summed E-state index contributed by atoms with van der Waals surface area (Å²) < 4.78 is 11.0. The second-order valence-corrected chi connectivity index (χ2v) is 6.86. The zero-order chi connectivity index (χ0) is 17.8. The highest BCUT2D eigenvalue weighted by molar-refractivity contribution is 5.95. The number of likely N-dealkylation sites (N-methyl/N-ethyl adjacent to an activating group) is 1. The van der Waals surface area contributed by atoms with Gasteiger partial charge in [0.25, 0.3) is 5.91 Å². The minimum absolute atomic E-state index is 0.0939. The predicted octanol–water partition coefficient (Wildman–Crippen LogP) is 2.96. The number of carbonyl (C=O) groups is 1. The number of carbonyl (C=O) groups excluding carboxylic acids is 1. The normalized spacial score (nSPS) is 23.7. The molecule has 0 aliphatic carbocycles. The second kappa shape index (κ2) is 7.91. The van der Waals surface area contributed by atoms with Crippen LogP contribution < -0.4 is 9.47 Å². The fourth-order valence-electron chi connectivity index (χ4n) is 4.10. The largest absolute Gasteiger partial charge is 0.493 e.